The van der Waals surface area contributed by atoms with E-state index in [1.54, 1.807) is 0 Å². The van der Waals surface area contributed by atoms with Gasteiger partial charge in [0, 0.05) is 12.6 Å². The Morgan fingerprint density at radius 3 is 2.44 bits per heavy atom. The van der Waals surface area contributed by atoms with Crippen LogP contribution in [0.15, 0.2) is 22.7 Å². The van der Waals surface area contributed by atoms with Crippen LogP contribution in [0.1, 0.15) is 6.92 Å². The SMILES string of the molecule is COc1ccc(N(CC(F)(F)F)C(C)=O)cc1Br. The van der Waals surface area contributed by atoms with Gasteiger partial charge in [0.2, 0.25) is 5.91 Å². The number of methoxy groups -OCH3 is 1. The highest BCUT2D eigenvalue weighted by atomic mass is 79.9. The van der Waals surface area contributed by atoms with Crippen molar-refractivity contribution in [2.24, 2.45) is 0 Å². The van der Waals surface area contributed by atoms with E-state index in [1.807, 2.05) is 0 Å². The lowest BCUT2D eigenvalue weighted by Gasteiger charge is -2.23. The molecule has 0 bridgehead atoms. The zero-order chi connectivity index (χ0) is 13.9. The normalized spacial score (nSPS) is 11.2. The van der Waals surface area contributed by atoms with Crippen molar-refractivity contribution >= 4 is 27.5 Å². The number of hydrogen-bond donors (Lipinski definition) is 0. The number of rotatable bonds is 3. The second kappa shape index (κ2) is 5.60. The third-order valence-corrected chi connectivity index (χ3v) is 2.78. The zero-order valence-corrected chi connectivity index (χ0v) is 11.3. The quantitative estimate of drug-likeness (QED) is 0.852. The van der Waals surface area contributed by atoms with Crippen LogP contribution in [0.5, 0.6) is 5.75 Å². The number of benzene rings is 1. The molecule has 0 N–H and O–H groups in total. The molecule has 18 heavy (non-hydrogen) atoms. The van der Waals surface area contributed by atoms with E-state index < -0.39 is 18.6 Å². The lowest BCUT2D eigenvalue weighted by Crippen LogP contribution is -2.37. The van der Waals surface area contributed by atoms with Crippen LogP contribution in [0.4, 0.5) is 18.9 Å². The molecule has 1 aromatic rings. The third kappa shape index (κ3) is 3.90. The van der Waals surface area contributed by atoms with Crippen LogP contribution in [0.25, 0.3) is 0 Å². The minimum Gasteiger partial charge on any atom is -0.496 e. The molecule has 1 aromatic carbocycles. The van der Waals surface area contributed by atoms with Gasteiger partial charge in [0.1, 0.15) is 12.3 Å². The maximum Gasteiger partial charge on any atom is 0.406 e. The molecule has 0 saturated carbocycles. The molecule has 0 radical (unpaired) electrons. The van der Waals surface area contributed by atoms with Gasteiger partial charge in [0.05, 0.1) is 11.6 Å². The summed E-state index contributed by atoms with van der Waals surface area (Å²) in [6.07, 6.45) is -4.45. The van der Waals surface area contributed by atoms with Gasteiger partial charge < -0.3 is 9.64 Å². The van der Waals surface area contributed by atoms with Crippen LogP contribution in [-0.4, -0.2) is 25.7 Å². The van der Waals surface area contributed by atoms with Gasteiger partial charge in [-0.2, -0.15) is 13.2 Å². The molecule has 100 valence electrons. The average molecular weight is 326 g/mol. The van der Waals surface area contributed by atoms with E-state index in [2.05, 4.69) is 15.9 Å². The first-order chi connectivity index (χ1) is 8.24. The first-order valence-electron chi connectivity index (χ1n) is 4.93. The van der Waals surface area contributed by atoms with E-state index in [9.17, 15) is 18.0 Å². The Labute approximate surface area is 111 Å². The lowest BCUT2D eigenvalue weighted by molar-refractivity contribution is -0.131. The first kappa shape index (κ1) is 14.8. The number of halogens is 4. The highest BCUT2D eigenvalue weighted by Crippen LogP contribution is 2.31. The summed E-state index contributed by atoms with van der Waals surface area (Å²) in [5.41, 5.74) is 0.160. The largest absolute Gasteiger partial charge is 0.496 e. The fourth-order valence-corrected chi connectivity index (χ4v) is 1.92. The molecular formula is C11H11BrF3NO2. The Morgan fingerprint density at radius 1 is 1.44 bits per heavy atom. The molecule has 7 heteroatoms. The lowest BCUT2D eigenvalue weighted by atomic mass is 10.2. The van der Waals surface area contributed by atoms with Crippen molar-refractivity contribution in [2.45, 2.75) is 13.1 Å². The van der Waals surface area contributed by atoms with Gasteiger partial charge in [-0.3, -0.25) is 4.79 Å². The number of alkyl halides is 3. The minimum absolute atomic E-state index is 0.160. The van der Waals surface area contributed by atoms with E-state index >= 15 is 0 Å². The van der Waals surface area contributed by atoms with E-state index in [-0.39, 0.29) is 5.69 Å². The fourth-order valence-electron chi connectivity index (χ4n) is 1.39. The molecule has 1 amide bonds. The van der Waals surface area contributed by atoms with Gasteiger partial charge in [-0.1, -0.05) is 0 Å². The molecule has 0 heterocycles. The number of carbonyl (C=O) groups excluding carboxylic acids is 1. The highest BCUT2D eigenvalue weighted by Gasteiger charge is 2.32. The fraction of sp³-hybridized carbons (Fsp3) is 0.364. The van der Waals surface area contributed by atoms with E-state index in [1.165, 1.54) is 25.3 Å². The molecule has 0 saturated heterocycles. The predicted molar refractivity (Wildman–Crippen MR) is 64.8 cm³/mol. The number of amides is 1. The van der Waals surface area contributed by atoms with Crippen molar-refractivity contribution in [1.29, 1.82) is 0 Å². The molecule has 0 spiro atoms. The highest BCUT2D eigenvalue weighted by molar-refractivity contribution is 9.10. The summed E-state index contributed by atoms with van der Waals surface area (Å²) >= 11 is 3.16. The van der Waals surface area contributed by atoms with Gasteiger partial charge in [-0.25, -0.2) is 0 Å². The number of anilines is 1. The van der Waals surface area contributed by atoms with Gasteiger partial charge >= 0.3 is 6.18 Å². The summed E-state index contributed by atoms with van der Waals surface area (Å²) in [7, 11) is 1.44. The topological polar surface area (TPSA) is 29.5 Å². The smallest absolute Gasteiger partial charge is 0.406 e. The summed E-state index contributed by atoms with van der Waals surface area (Å²) < 4.78 is 42.6. The van der Waals surface area contributed by atoms with Crippen LogP contribution < -0.4 is 9.64 Å². The van der Waals surface area contributed by atoms with Crippen LogP contribution in [0.3, 0.4) is 0 Å². The molecule has 0 unspecified atom stereocenters. The van der Waals surface area contributed by atoms with Gasteiger partial charge in [-0.05, 0) is 34.1 Å². The maximum atomic E-state index is 12.4. The monoisotopic (exact) mass is 325 g/mol. The first-order valence-corrected chi connectivity index (χ1v) is 5.72. The molecule has 0 fully saturated rings. The molecule has 3 nitrogen and oxygen atoms in total. The number of nitrogens with zero attached hydrogens (tertiary/aromatic N) is 1. The second-order valence-electron chi connectivity index (χ2n) is 3.54. The van der Waals surface area contributed by atoms with Gasteiger partial charge in [0.25, 0.3) is 0 Å². The molecule has 0 aliphatic heterocycles. The molecule has 1 rings (SSSR count). The average Bonchev–Trinajstić information content (AvgIpc) is 2.24. The Morgan fingerprint density at radius 2 is 2.06 bits per heavy atom. The summed E-state index contributed by atoms with van der Waals surface area (Å²) in [6.45, 7) is -0.231. The predicted octanol–water partition coefficient (Wildman–Crippen LogP) is 3.37. The molecular weight excluding hydrogens is 315 g/mol. The summed E-state index contributed by atoms with van der Waals surface area (Å²) in [6, 6.07) is 4.30. The van der Waals surface area contributed by atoms with Crippen LogP contribution in [0, 0.1) is 0 Å². The van der Waals surface area contributed by atoms with E-state index in [0.717, 1.165) is 6.92 Å². The van der Waals surface area contributed by atoms with Crippen molar-refractivity contribution < 1.29 is 22.7 Å². The van der Waals surface area contributed by atoms with Crippen molar-refractivity contribution in [1.82, 2.24) is 0 Å². The van der Waals surface area contributed by atoms with Gasteiger partial charge in [0.15, 0.2) is 0 Å². The van der Waals surface area contributed by atoms with Crippen LogP contribution >= 0.6 is 15.9 Å². The minimum atomic E-state index is -4.45. The van der Waals surface area contributed by atoms with Crippen molar-refractivity contribution in [3.05, 3.63) is 22.7 Å². The number of hydrogen-bond acceptors (Lipinski definition) is 2. The van der Waals surface area contributed by atoms with E-state index in [4.69, 9.17) is 4.74 Å². The zero-order valence-electron chi connectivity index (χ0n) is 9.71. The van der Waals surface area contributed by atoms with Crippen molar-refractivity contribution in [2.75, 3.05) is 18.6 Å². The number of ether oxygens (including phenoxy) is 1. The number of carbonyl (C=O) groups is 1. The van der Waals surface area contributed by atoms with Crippen LogP contribution in [0.2, 0.25) is 0 Å². The second-order valence-corrected chi connectivity index (χ2v) is 4.39. The Bertz CT molecular complexity index is 448. The Hall–Kier alpha value is -1.24. The Balaban J connectivity index is 3.07. The molecule has 0 aliphatic carbocycles. The summed E-state index contributed by atoms with van der Waals surface area (Å²) in [5.74, 6) is -0.196. The summed E-state index contributed by atoms with van der Waals surface area (Å²) in [4.78, 5) is 11.9. The Kier molecular flexibility index (Phi) is 4.61. The molecule has 0 aliphatic rings. The maximum absolute atomic E-state index is 12.4. The van der Waals surface area contributed by atoms with E-state index in [0.29, 0.717) is 15.1 Å². The van der Waals surface area contributed by atoms with Gasteiger partial charge in [-0.15, -0.1) is 0 Å². The molecule has 0 aromatic heterocycles. The third-order valence-electron chi connectivity index (χ3n) is 2.16. The van der Waals surface area contributed by atoms with Crippen molar-refractivity contribution in [3.63, 3.8) is 0 Å². The van der Waals surface area contributed by atoms with Crippen molar-refractivity contribution in [3.8, 4) is 5.75 Å². The standard InChI is InChI=1S/C11H11BrF3NO2/c1-7(17)16(6-11(13,14)15)8-3-4-10(18-2)9(12)5-8/h3-5H,6H2,1-2H3. The van der Waals surface area contributed by atoms with Crippen LogP contribution in [-0.2, 0) is 4.79 Å². The summed E-state index contributed by atoms with van der Waals surface area (Å²) in [5, 5.41) is 0. The molecule has 0 atom stereocenters.